The standard InChI is InChI=1S/C23H27NO9/c1-24-7-6-23-10-3-4-12(25)20(23)32-18-13(5-2-9(14(18)23)8-11(10)24)31-22-17(28)15(26)16(27)19(33-22)21(29)30/h2,5,10-11,15-17,19-20,22,26-28H,3-4,6-8H2,1H3,(H,29,30)/t10?,11-,15+,16+,17+,19?,20+,22-,23+/m1/s1/i1+1D3. The molecule has 0 amide bonds. The van der Waals surface area contributed by atoms with E-state index in [0.717, 1.165) is 11.1 Å². The Labute approximate surface area is 193 Å². The number of carboxylic acids is 1. The number of hydrogen-bond donors (Lipinski definition) is 4. The molecule has 1 saturated carbocycles. The molecule has 9 atom stereocenters. The number of aliphatic hydroxyl groups is 3. The molecular weight excluding hydrogens is 435 g/mol. The Hall–Kier alpha value is -2.24. The molecule has 1 aromatic rings. The highest BCUT2D eigenvalue weighted by Gasteiger charge is 2.65. The minimum atomic E-state index is -2.26. The number of piperidine rings is 1. The molecule has 6 rings (SSSR count). The predicted octanol–water partition coefficient (Wildman–Crippen LogP) is -0.804. The van der Waals surface area contributed by atoms with Crippen LogP contribution in [0.3, 0.4) is 0 Å². The number of carbonyl (C=O) groups excluding carboxylic acids is 1. The Morgan fingerprint density at radius 1 is 1.27 bits per heavy atom. The molecular formula is C23H27NO9. The summed E-state index contributed by atoms with van der Waals surface area (Å²) in [6.07, 6.45) is -7.96. The van der Waals surface area contributed by atoms with Crippen LogP contribution < -0.4 is 9.47 Å². The minimum absolute atomic E-state index is 0.0687. The third-order valence-electron chi connectivity index (χ3n) is 8.15. The second-order valence-corrected chi connectivity index (χ2v) is 9.64. The van der Waals surface area contributed by atoms with E-state index in [1.54, 1.807) is 17.0 Å². The number of likely N-dealkylation sites (N-methyl/N-ethyl adjacent to an activating group) is 1. The Balaban J connectivity index is 1.41. The van der Waals surface area contributed by atoms with Gasteiger partial charge in [0.05, 0.1) is 0 Å². The van der Waals surface area contributed by atoms with E-state index in [4.69, 9.17) is 18.3 Å². The highest BCUT2D eigenvalue weighted by atomic mass is 16.7. The lowest BCUT2D eigenvalue weighted by molar-refractivity contribution is -0.271. The number of Topliss-reactive ketones (excluding diaryl/α,β-unsaturated/α-hetero) is 1. The quantitative estimate of drug-likeness (QED) is 0.418. The van der Waals surface area contributed by atoms with E-state index in [9.17, 15) is 30.0 Å². The first-order valence-corrected chi connectivity index (χ1v) is 11.2. The van der Waals surface area contributed by atoms with E-state index in [0.29, 0.717) is 25.0 Å². The molecule has 10 nitrogen and oxygen atoms in total. The SMILES string of the molecule is [2H][13C]([2H])([2H])N1CC[C@]23c4c5ccc(O[C@@H]6OC(C(=O)O)[C@@H](O)[C@H](O)[C@@H]6O)c4O[C@H]2C(=O)CCC3[C@H]1C5. The molecule has 4 N–H and O–H groups in total. The molecule has 3 aliphatic heterocycles. The molecule has 2 unspecified atom stereocenters. The van der Waals surface area contributed by atoms with Crippen LogP contribution >= 0.6 is 0 Å². The average Bonchev–Trinajstić information content (AvgIpc) is 3.15. The predicted molar refractivity (Wildman–Crippen MR) is 110 cm³/mol. The van der Waals surface area contributed by atoms with E-state index in [1.807, 2.05) is 0 Å². The van der Waals surface area contributed by atoms with Crippen molar-refractivity contribution in [3.63, 3.8) is 0 Å². The average molecular weight is 465 g/mol. The van der Waals surface area contributed by atoms with Crippen LogP contribution in [-0.2, 0) is 26.2 Å². The number of carbonyl (C=O) groups is 2. The summed E-state index contributed by atoms with van der Waals surface area (Å²) >= 11 is 0. The van der Waals surface area contributed by atoms with Crippen molar-refractivity contribution in [1.82, 2.24) is 4.90 Å². The zero-order valence-corrected chi connectivity index (χ0v) is 17.6. The van der Waals surface area contributed by atoms with Gasteiger partial charge in [-0.15, -0.1) is 0 Å². The van der Waals surface area contributed by atoms with E-state index >= 15 is 0 Å². The van der Waals surface area contributed by atoms with Crippen molar-refractivity contribution in [3.8, 4) is 11.5 Å². The van der Waals surface area contributed by atoms with Crippen LogP contribution in [0.2, 0.25) is 0 Å². The highest BCUT2D eigenvalue weighted by Crippen LogP contribution is 2.63. The highest BCUT2D eigenvalue weighted by molar-refractivity contribution is 5.89. The van der Waals surface area contributed by atoms with Crippen LogP contribution in [0.4, 0.5) is 0 Å². The van der Waals surface area contributed by atoms with Crippen LogP contribution in [0.5, 0.6) is 11.5 Å². The number of aliphatic hydroxyl groups excluding tert-OH is 3. The van der Waals surface area contributed by atoms with Crippen LogP contribution in [0.15, 0.2) is 12.1 Å². The van der Waals surface area contributed by atoms with Crippen molar-refractivity contribution in [2.45, 2.75) is 73.9 Å². The zero-order valence-electron chi connectivity index (χ0n) is 20.6. The van der Waals surface area contributed by atoms with Gasteiger partial charge >= 0.3 is 5.97 Å². The molecule has 0 radical (unpaired) electrons. The lowest BCUT2D eigenvalue weighted by Gasteiger charge is -2.57. The number of ketones is 1. The van der Waals surface area contributed by atoms with Gasteiger partial charge in [-0.05, 0) is 50.3 Å². The summed E-state index contributed by atoms with van der Waals surface area (Å²) in [6.45, 7) is -1.98. The fraction of sp³-hybridized carbons (Fsp3) is 0.652. The number of nitrogens with zero attached hydrogens (tertiary/aromatic N) is 1. The van der Waals surface area contributed by atoms with E-state index in [2.05, 4.69) is 0 Å². The second-order valence-electron chi connectivity index (χ2n) is 9.64. The maximum atomic E-state index is 13.1. The third-order valence-corrected chi connectivity index (χ3v) is 8.15. The van der Waals surface area contributed by atoms with Gasteiger partial charge in [0.15, 0.2) is 29.5 Å². The van der Waals surface area contributed by atoms with Crippen LogP contribution in [-0.4, -0.2) is 93.5 Å². The Morgan fingerprint density at radius 3 is 2.85 bits per heavy atom. The van der Waals surface area contributed by atoms with E-state index in [1.165, 1.54) is 0 Å². The summed E-state index contributed by atoms with van der Waals surface area (Å²) in [7, 11) is 0. The summed E-state index contributed by atoms with van der Waals surface area (Å²) in [5.41, 5.74) is 0.953. The molecule has 178 valence electrons. The van der Waals surface area contributed by atoms with Crippen molar-refractivity contribution in [2.75, 3.05) is 13.5 Å². The number of ether oxygens (including phenoxy) is 3. The molecule has 2 saturated heterocycles. The van der Waals surface area contributed by atoms with Gasteiger partial charge < -0.3 is 39.5 Å². The molecule has 3 fully saturated rings. The van der Waals surface area contributed by atoms with E-state index in [-0.39, 0.29) is 36.5 Å². The fourth-order valence-corrected chi connectivity index (χ4v) is 6.69. The van der Waals surface area contributed by atoms with Crippen molar-refractivity contribution in [1.29, 1.82) is 0 Å². The Kier molecular flexibility index (Phi) is 3.92. The number of aliphatic carboxylic acids is 1. The molecule has 0 aromatic heterocycles. The summed E-state index contributed by atoms with van der Waals surface area (Å²) < 4.78 is 41.5. The van der Waals surface area contributed by atoms with Gasteiger partial charge in [0.25, 0.3) is 0 Å². The fourth-order valence-electron chi connectivity index (χ4n) is 6.69. The van der Waals surface area contributed by atoms with Crippen molar-refractivity contribution in [3.05, 3.63) is 23.3 Å². The second kappa shape index (κ2) is 7.13. The molecule has 2 aliphatic carbocycles. The van der Waals surface area contributed by atoms with Gasteiger partial charge in [-0.3, -0.25) is 4.79 Å². The maximum absolute atomic E-state index is 13.1. The maximum Gasteiger partial charge on any atom is 0.335 e. The lowest BCUT2D eigenvalue weighted by atomic mass is 9.52. The third kappa shape index (κ3) is 2.72. The monoisotopic (exact) mass is 465 g/mol. The number of hydrogen-bond acceptors (Lipinski definition) is 9. The van der Waals surface area contributed by atoms with Crippen LogP contribution in [0.1, 0.15) is 34.5 Å². The first-order valence-electron chi connectivity index (χ1n) is 12.7. The zero-order chi connectivity index (χ0) is 25.7. The van der Waals surface area contributed by atoms with Gasteiger partial charge in [-0.25, -0.2) is 4.79 Å². The smallest absolute Gasteiger partial charge is 0.335 e. The largest absolute Gasteiger partial charge is 0.479 e. The summed E-state index contributed by atoms with van der Waals surface area (Å²) in [6, 6.07) is 3.04. The van der Waals surface area contributed by atoms with Crippen molar-refractivity contribution < 1.29 is 48.3 Å². The molecule has 1 spiro atoms. The Bertz CT molecular complexity index is 1130. The summed E-state index contributed by atoms with van der Waals surface area (Å²) in [4.78, 5) is 26.1. The number of likely N-dealkylation sites (tertiary alicyclic amines) is 1. The molecule has 33 heavy (non-hydrogen) atoms. The normalized spacial score (nSPS) is 45.3. The molecule has 5 aliphatic rings. The Morgan fingerprint density at radius 2 is 2.09 bits per heavy atom. The van der Waals surface area contributed by atoms with Crippen molar-refractivity contribution >= 4 is 11.8 Å². The first kappa shape index (κ1) is 18.1. The van der Waals surface area contributed by atoms with Gasteiger partial charge in [0.2, 0.25) is 6.29 Å². The molecule has 1 aromatic carbocycles. The van der Waals surface area contributed by atoms with Crippen LogP contribution in [0.25, 0.3) is 0 Å². The number of carboxylic acid groups (broad SMARTS) is 1. The van der Waals surface area contributed by atoms with E-state index < -0.39 is 55.2 Å². The van der Waals surface area contributed by atoms with Gasteiger partial charge in [0, 0.05) is 27.6 Å². The summed E-state index contributed by atoms with van der Waals surface area (Å²) in [5, 5.41) is 39.9. The lowest BCUT2D eigenvalue weighted by Crippen LogP contribution is -2.65. The first-order chi connectivity index (χ1) is 16.9. The van der Waals surface area contributed by atoms with Gasteiger partial charge in [-0.2, -0.15) is 0 Å². The van der Waals surface area contributed by atoms with Gasteiger partial charge in [0.1, 0.15) is 18.3 Å². The summed E-state index contributed by atoms with van der Waals surface area (Å²) in [5.74, 6) is -1.30. The number of rotatable bonds is 3. The minimum Gasteiger partial charge on any atom is -0.479 e. The molecule has 3 heterocycles. The molecule has 10 heteroatoms. The number of benzene rings is 1. The van der Waals surface area contributed by atoms with Crippen molar-refractivity contribution in [2.24, 2.45) is 5.92 Å². The topological polar surface area (TPSA) is 146 Å². The van der Waals surface area contributed by atoms with Gasteiger partial charge in [-0.1, -0.05) is 6.07 Å². The van der Waals surface area contributed by atoms with Crippen LogP contribution in [0, 0.1) is 5.92 Å². The molecule has 2 bridgehead atoms.